The second-order valence-electron chi connectivity index (χ2n) is 4.35. The predicted octanol–water partition coefficient (Wildman–Crippen LogP) is 2.30. The Labute approximate surface area is 114 Å². The highest BCUT2D eigenvalue weighted by Crippen LogP contribution is 2.13. The minimum atomic E-state index is 0.128. The molecule has 0 bridgehead atoms. The Morgan fingerprint density at radius 3 is 2.58 bits per heavy atom. The average Bonchev–Trinajstić information content (AvgIpc) is 2.47. The molecule has 0 amide bonds. The Kier molecular flexibility index (Phi) is 4.40. The van der Waals surface area contributed by atoms with Crippen LogP contribution >= 0.6 is 0 Å². The third-order valence-electron chi connectivity index (χ3n) is 3.07. The molecule has 19 heavy (non-hydrogen) atoms. The van der Waals surface area contributed by atoms with Gasteiger partial charge in [-0.2, -0.15) is 0 Å². The van der Waals surface area contributed by atoms with Gasteiger partial charge in [-0.15, -0.1) is 0 Å². The van der Waals surface area contributed by atoms with Gasteiger partial charge in [-0.05, 0) is 18.6 Å². The molecule has 0 aliphatic rings. The molecule has 94 valence electrons. The van der Waals surface area contributed by atoms with Gasteiger partial charge in [-0.1, -0.05) is 47.4 Å². The lowest BCUT2D eigenvalue weighted by molar-refractivity contribution is 0.0983. The Morgan fingerprint density at radius 1 is 1.16 bits per heavy atom. The van der Waals surface area contributed by atoms with Crippen LogP contribution in [0.5, 0.6) is 5.75 Å². The first-order valence-electron chi connectivity index (χ1n) is 6.21. The number of carbonyl (C=O) groups excluding carboxylic acids is 1. The van der Waals surface area contributed by atoms with E-state index in [-0.39, 0.29) is 5.78 Å². The molecule has 3 heteroatoms. The Hall–Kier alpha value is -2.03. The van der Waals surface area contributed by atoms with Crippen LogP contribution in [0.1, 0.15) is 22.3 Å². The molecule has 0 fully saturated rings. The van der Waals surface area contributed by atoms with Crippen LogP contribution in [0, 0.1) is 0 Å². The van der Waals surface area contributed by atoms with Crippen LogP contribution in [0.4, 0.5) is 0 Å². The zero-order valence-electron chi connectivity index (χ0n) is 10.9. The van der Waals surface area contributed by atoms with Crippen molar-refractivity contribution in [1.82, 2.24) is 0 Å². The van der Waals surface area contributed by atoms with Crippen molar-refractivity contribution in [2.24, 2.45) is 0 Å². The highest BCUT2D eigenvalue weighted by molar-refractivity contribution is 6.33. The first-order chi connectivity index (χ1) is 9.20. The lowest BCUT2D eigenvalue weighted by atomic mass is 9.87. The second-order valence-corrected chi connectivity index (χ2v) is 4.35. The van der Waals surface area contributed by atoms with Crippen molar-refractivity contribution in [3.05, 3.63) is 59.7 Å². The normalized spacial score (nSPS) is 10.2. The number of methoxy groups -OCH3 is 1. The fraction of sp³-hybridized carbons (Fsp3) is 0.188. The lowest BCUT2D eigenvalue weighted by Gasteiger charge is -2.08. The summed E-state index contributed by atoms with van der Waals surface area (Å²) in [5.41, 5.74) is 2.38. The Balaban J connectivity index is 2.05. The minimum Gasteiger partial charge on any atom is -0.497 e. The molecule has 0 atom stereocenters. The molecule has 0 saturated carbocycles. The maximum absolute atomic E-state index is 12.0. The molecule has 2 aromatic carbocycles. The SMILES string of the molecule is [B]c1ccc(OC)cc1CCC(=O)c1ccccc1. The van der Waals surface area contributed by atoms with Crippen molar-refractivity contribution in [2.75, 3.05) is 7.11 Å². The van der Waals surface area contributed by atoms with E-state index in [4.69, 9.17) is 12.6 Å². The van der Waals surface area contributed by atoms with E-state index in [0.29, 0.717) is 18.3 Å². The molecular formula is C16H15BO2. The summed E-state index contributed by atoms with van der Waals surface area (Å²) in [7, 11) is 7.52. The topological polar surface area (TPSA) is 26.3 Å². The van der Waals surface area contributed by atoms with Gasteiger partial charge in [0.25, 0.3) is 0 Å². The highest BCUT2D eigenvalue weighted by atomic mass is 16.5. The van der Waals surface area contributed by atoms with Crippen molar-refractivity contribution in [3.8, 4) is 5.75 Å². The van der Waals surface area contributed by atoms with Gasteiger partial charge in [0, 0.05) is 12.0 Å². The van der Waals surface area contributed by atoms with E-state index in [1.807, 2.05) is 42.5 Å². The molecule has 2 radical (unpaired) electrons. The lowest BCUT2D eigenvalue weighted by Crippen LogP contribution is -2.12. The molecule has 2 nitrogen and oxygen atoms in total. The smallest absolute Gasteiger partial charge is 0.163 e. The largest absolute Gasteiger partial charge is 0.497 e. The summed E-state index contributed by atoms with van der Waals surface area (Å²) in [6.07, 6.45) is 1.07. The molecule has 0 spiro atoms. The molecule has 0 unspecified atom stereocenters. The van der Waals surface area contributed by atoms with Crippen molar-refractivity contribution >= 4 is 19.1 Å². The quantitative estimate of drug-likeness (QED) is 0.601. The van der Waals surface area contributed by atoms with E-state index in [9.17, 15) is 4.79 Å². The van der Waals surface area contributed by atoms with Crippen molar-refractivity contribution in [2.45, 2.75) is 12.8 Å². The second kappa shape index (κ2) is 6.23. The fourth-order valence-corrected chi connectivity index (χ4v) is 1.94. The third-order valence-corrected chi connectivity index (χ3v) is 3.07. The number of benzene rings is 2. The van der Waals surface area contributed by atoms with Crippen LogP contribution in [0.25, 0.3) is 0 Å². The summed E-state index contributed by atoms with van der Waals surface area (Å²) in [6, 6.07) is 14.8. The Bertz CT molecular complexity index is 564. The standard InChI is InChI=1S/C16H15BO2/c1-19-14-8-9-15(17)13(11-14)7-10-16(18)12-5-3-2-4-6-12/h2-6,8-9,11H,7,10H2,1H3. The van der Waals surface area contributed by atoms with Crippen molar-refractivity contribution < 1.29 is 9.53 Å². The van der Waals surface area contributed by atoms with Gasteiger partial charge in [0.15, 0.2) is 5.78 Å². The molecule has 0 N–H and O–H groups in total. The molecule has 2 rings (SSSR count). The molecule has 2 aromatic rings. The summed E-state index contributed by atoms with van der Waals surface area (Å²) in [6.45, 7) is 0. The van der Waals surface area contributed by atoms with Gasteiger partial charge >= 0.3 is 0 Å². The van der Waals surface area contributed by atoms with Crippen LogP contribution in [-0.4, -0.2) is 20.7 Å². The van der Waals surface area contributed by atoms with E-state index in [1.54, 1.807) is 13.2 Å². The first-order valence-corrected chi connectivity index (χ1v) is 6.21. The van der Waals surface area contributed by atoms with Crippen LogP contribution in [-0.2, 0) is 6.42 Å². The summed E-state index contributed by atoms with van der Waals surface area (Å²) in [5, 5.41) is 0. The molecular weight excluding hydrogens is 235 g/mol. The monoisotopic (exact) mass is 250 g/mol. The third kappa shape index (κ3) is 3.47. The van der Waals surface area contributed by atoms with Crippen molar-refractivity contribution in [1.29, 1.82) is 0 Å². The molecule has 0 heterocycles. The average molecular weight is 250 g/mol. The van der Waals surface area contributed by atoms with Gasteiger partial charge in [0.2, 0.25) is 0 Å². The summed E-state index contributed by atoms with van der Waals surface area (Å²) >= 11 is 0. The number of ether oxygens (including phenoxy) is 1. The van der Waals surface area contributed by atoms with Crippen LogP contribution in [0.2, 0.25) is 0 Å². The molecule has 0 aliphatic heterocycles. The van der Waals surface area contributed by atoms with E-state index in [0.717, 1.165) is 16.9 Å². The zero-order valence-corrected chi connectivity index (χ0v) is 10.9. The first kappa shape index (κ1) is 13.4. The van der Waals surface area contributed by atoms with Gasteiger partial charge in [0.1, 0.15) is 13.6 Å². The van der Waals surface area contributed by atoms with Gasteiger partial charge in [0.05, 0.1) is 7.11 Å². The molecule has 0 saturated heterocycles. The summed E-state index contributed by atoms with van der Waals surface area (Å²) in [4.78, 5) is 12.0. The maximum Gasteiger partial charge on any atom is 0.163 e. The van der Waals surface area contributed by atoms with Crippen LogP contribution in [0.3, 0.4) is 0 Å². The van der Waals surface area contributed by atoms with Crippen LogP contribution in [0.15, 0.2) is 48.5 Å². The Morgan fingerprint density at radius 2 is 1.89 bits per heavy atom. The highest BCUT2D eigenvalue weighted by Gasteiger charge is 2.07. The van der Waals surface area contributed by atoms with Gasteiger partial charge < -0.3 is 4.74 Å². The minimum absolute atomic E-state index is 0.128. The van der Waals surface area contributed by atoms with E-state index < -0.39 is 0 Å². The van der Waals surface area contributed by atoms with Gasteiger partial charge in [-0.25, -0.2) is 0 Å². The predicted molar refractivity (Wildman–Crippen MR) is 77.5 cm³/mol. The maximum atomic E-state index is 12.0. The number of carbonyl (C=O) groups is 1. The summed E-state index contributed by atoms with van der Waals surface area (Å²) in [5.74, 6) is 0.888. The summed E-state index contributed by atoms with van der Waals surface area (Å²) < 4.78 is 5.16. The number of ketones is 1. The van der Waals surface area contributed by atoms with E-state index in [1.165, 1.54) is 0 Å². The van der Waals surface area contributed by atoms with E-state index in [2.05, 4.69) is 0 Å². The van der Waals surface area contributed by atoms with Crippen molar-refractivity contribution in [3.63, 3.8) is 0 Å². The number of hydrogen-bond acceptors (Lipinski definition) is 2. The number of Topliss-reactive ketones (excluding diaryl/α,β-unsaturated/α-hetero) is 1. The molecule has 0 aromatic heterocycles. The van der Waals surface area contributed by atoms with Crippen LogP contribution < -0.4 is 10.2 Å². The molecule has 0 aliphatic carbocycles. The van der Waals surface area contributed by atoms with E-state index >= 15 is 0 Å². The number of hydrogen-bond donors (Lipinski definition) is 0. The number of aryl methyl sites for hydroxylation is 1. The van der Waals surface area contributed by atoms with Gasteiger partial charge in [-0.3, -0.25) is 4.79 Å². The zero-order chi connectivity index (χ0) is 13.7. The fourth-order valence-electron chi connectivity index (χ4n) is 1.94. The number of rotatable bonds is 5.